The van der Waals surface area contributed by atoms with E-state index in [-0.39, 0.29) is 11.9 Å². The van der Waals surface area contributed by atoms with Gasteiger partial charge in [-0.1, -0.05) is 26.7 Å². The minimum Gasteiger partial charge on any atom is -0.348 e. The first-order chi connectivity index (χ1) is 9.04. The molecule has 1 fully saturated rings. The molecule has 1 aromatic rings. The van der Waals surface area contributed by atoms with Crippen molar-refractivity contribution in [1.82, 2.24) is 15.1 Å². The zero-order valence-electron chi connectivity index (χ0n) is 11.8. The van der Waals surface area contributed by atoms with Crippen molar-refractivity contribution in [3.05, 3.63) is 16.4 Å². The molecule has 4 nitrogen and oxygen atoms in total. The average Bonchev–Trinajstić information content (AvgIpc) is 2.76. The van der Waals surface area contributed by atoms with Gasteiger partial charge in [0.1, 0.15) is 5.69 Å². The van der Waals surface area contributed by atoms with Crippen molar-refractivity contribution < 1.29 is 4.79 Å². The lowest BCUT2D eigenvalue weighted by molar-refractivity contribution is 0.0879. The van der Waals surface area contributed by atoms with Gasteiger partial charge in [0.25, 0.3) is 5.91 Å². The summed E-state index contributed by atoms with van der Waals surface area (Å²) in [4.78, 5) is 12.4. The average molecular weight is 328 g/mol. The van der Waals surface area contributed by atoms with Gasteiger partial charge in [0.2, 0.25) is 0 Å². The van der Waals surface area contributed by atoms with E-state index in [0.717, 1.165) is 10.9 Å². The van der Waals surface area contributed by atoms with Gasteiger partial charge in [0.15, 0.2) is 0 Å². The van der Waals surface area contributed by atoms with Crippen molar-refractivity contribution in [2.24, 2.45) is 11.8 Å². The van der Waals surface area contributed by atoms with Crippen LogP contribution in [0, 0.1) is 11.8 Å². The lowest BCUT2D eigenvalue weighted by Gasteiger charge is -2.34. The van der Waals surface area contributed by atoms with E-state index < -0.39 is 0 Å². The summed E-state index contributed by atoms with van der Waals surface area (Å²) in [6.07, 6.45) is 5.23. The molecule has 0 aliphatic heterocycles. The van der Waals surface area contributed by atoms with Gasteiger partial charge < -0.3 is 5.32 Å². The van der Waals surface area contributed by atoms with E-state index in [2.05, 4.69) is 40.2 Å². The number of nitrogens with zero attached hydrogens (tertiary/aromatic N) is 2. The molecule has 3 atom stereocenters. The summed E-state index contributed by atoms with van der Waals surface area (Å²) >= 11 is 3.41. The van der Waals surface area contributed by atoms with Crippen molar-refractivity contribution in [2.45, 2.75) is 52.6 Å². The molecule has 0 spiro atoms. The minimum absolute atomic E-state index is 0.0165. The molecule has 1 aliphatic carbocycles. The van der Waals surface area contributed by atoms with Gasteiger partial charge in [-0.15, -0.1) is 0 Å². The Bertz CT molecular complexity index is 458. The molecule has 1 amide bonds. The Hall–Kier alpha value is -0.840. The maximum absolute atomic E-state index is 12.4. The fourth-order valence-electron chi connectivity index (χ4n) is 2.85. The molecular formula is C14H22BrN3O. The molecule has 0 bridgehead atoms. The van der Waals surface area contributed by atoms with Crippen LogP contribution in [0.1, 0.15) is 50.5 Å². The summed E-state index contributed by atoms with van der Waals surface area (Å²) in [6.45, 7) is 7.20. The summed E-state index contributed by atoms with van der Waals surface area (Å²) < 4.78 is 2.50. The molecule has 0 aromatic carbocycles. The summed E-state index contributed by atoms with van der Waals surface area (Å²) in [5.74, 6) is 1.20. The number of hydrogen-bond donors (Lipinski definition) is 1. The Morgan fingerprint density at radius 2 is 2.26 bits per heavy atom. The van der Waals surface area contributed by atoms with Crippen LogP contribution in [0.4, 0.5) is 0 Å². The van der Waals surface area contributed by atoms with E-state index >= 15 is 0 Å². The van der Waals surface area contributed by atoms with Gasteiger partial charge in [0.05, 0.1) is 10.7 Å². The fraction of sp³-hybridized carbons (Fsp3) is 0.714. The maximum atomic E-state index is 12.4. The van der Waals surface area contributed by atoms with Gasteiger partial charge in [-0.25, -0.2) is 0 Å². The topological polar surface area (TPSA) is 46.9 Å². The zero-order valence-corrected chi connectivity index (χ0v) is 13.4. The Morgan fingerprint density at radius 3 is 2.95 bits per heavy atom. The van der Waals surface area contributed by atoms with E-state index in [1.54, 1.807) is 10.9 Å². The minimum atomic E-state index is -0.0165. The molecule has 1 aromatic heterocycles. The second-order valence-electron chi connectivity index (χ2n) is 5.50. The molecule has 0 radical (unpaired) electrons. The highest BCUT2D eigenvalue weighted by Crippen LogP contribution is 2.30. The number of hydrogen-bond acceptors (Lipinski definition) is 2. The van der Waals surface area contributed by atoms with Crippen LogP contribution in [0.25, 0.3) is 0 Å². The highest BCUT2D eigenvalue weighted by molar-refractivity contribution is 9.10. The Balaban J connectivity index is 2.10. The summed E-state index contributed by atoms with van der Waals surface area (Å²) in [6, 6.07) is 0.281. The van der Waals surface area contributed by atoms with Crippen LogP contribution >= 0.6 is 15.9 Å². The number of nitrogens with one attached hydrogen (secondary N) is 1. The largest absolute Gasteiger partial charge is 0.348 e. The number of halogens is 1. The fourth-order valence-corrected chi connectivity index (χ4v) is 3.33. The van der Waals surface area contributed by atoms with Gasteiger partial charge >= 0.3 is 0 Å². The van der Waals surface area contributed by atoms with Crippen LogP contribution in [-0.2, 0) is 6.54 Å². The molecule has 19 heavy (non-hydrogen) atoms. The van der Waals surface area contributed by atoms with Crippen molar-refractivity contribution in [3.8, 4) is 0 Å². The van der Waals surface area contributed by atoms with Crippen molar-refractivity contribution in [3.63, 3.8) is 0 Å². The van der Waals surface area contributed by atoms with E-state index in [0.29, 0.717) is 24.1 Å². The van der Waals surface area contributed by atoms with Gasteiger partial charge in [-0.3, -0.25) is 9.48 Å². The molecule has 0 unspecified atom stereocenters. The molecule has 1 heterocycles. The van der Waals surface area contributed by atoms with Crippen molar-refractivity contribution >= 4 is 21.8 Å². The first-order valence-corrected chi connectivity index (χ1v) is 7.86. The van der Waals surface area contributed by atoms with Crippen LogP contribution in [0.2, 0.25) is 0 Å². The Kier molecular flexibility index (Phi) is 4.66. The smallest absolute Gasteiger partial charge is 0.270 e. The van der Waals surface area contributed by atoms with Gasteiger partial charge in [0, 0.05) is 12.6 Å². The predicted molar refractivity (Wildman–Crippen MR) is 79.0 cm³/mol. The normalized spacial score (nSPS) is 27.3. The Morgan fingerprint density at radius 1 is 1.53 bits per heavy atom. The maximum Gasteiger partial charge on any atom is 0.270 e. The SMILES string of the molecule is CCn1ncc(Br)c1C(=O)N[C@H]1CCC[C@@H](C)[C@@H]1C. The zero-order chi connectivity index (χ0) is 14.0. The summed E-state index contributed by atoms with van der Waals surface area (Å²) in [5, 5.41) is 7.38. The number of rotatable bonds is 3. The second kappa shape index (κ2) is 6.07. The lowest BCUT2D eigenvalue weighted by Crippen LogP contribution is -2.44. The molecule has 1 N–H and O–H groups in total. The standard InChI is InChI=1S/C14H22BrN3O/c1-4-18-13(11(15)8-16-18)14(19)17-12-7-5-6-9(2)10(12)3/h8-10,12H,4-7H2,1-3H3,(H,17,19)/t9-,10+,12+/m1/s1. The third-order valence-corrected chi connectivity index (χ3v) is 4.91. The van der Waals surface area contributed by atoms with E-state index in [9.17, 15) is 4.79 Å². The number of carbonyl (C=O) groups is 1. The van der Waals surface area contributed by atoms with Crippen molar-refractivity contribution in [2.75, 3.05) is 0 Å². The monoisotopic (exact) mass is 327 g/mol. The first-order valence-electron chi connectivity index (χ1n) is 7.06. The van der Waals surface area contributed by atoms with Gasteiger partial charge in [-0.05, 0) is 41.1 Å². The third-order valence-electron chi connectivity index (χ3n) is 4.33. The third kappa shape index (κ3) is 3.02. The molecule has 5 heteroatoms. The van der Waals surface area contributed by atoms with E-state index in [1.165, 1.54) is 12.8 Å². The van der Waals surface area contributed by atoms with E-state index in [1.807, 2.05) is 6.92 Å². The van der Waals surface area contributed by atoms with E-state index in [4.69, 9.17) is 0 Å². The lowest BCUT2D eigenvalue weighted by atomic mass is 9.78. The predicted octanol–water partition coefficient (Wildman–Crippen LogP) is 3.22. The number of aryl methyl sites for hydroxylation is 1. The van der Waals surface area contributed by atoms with Crippen LogP contribution in [0.15, 0.2) is 10.7 Å². The van der Waals surface area contributed by atoms with Crippen LogP contribution < -0.4 is 5.32 Å². The van der Waals surface area contributed by atoms with Crippen LogP contribution in [0.3, 0.4) is 0 Å². The highest BCUT2D eigenvalue weighted by atomic mass is 79.9. The number of aromatic nitrogens is 2. The Labute approximate surface area is 123 Å². The van der Waals surface area contributed by atoms with Gasteiger partial charge in [-0.2, -0.15) is 5.10 Å². The number of amides is 1. The molecule has 0 saturated heterocycles. The molecule has 106 valence electrons. The first kappa shape index (κ1) is 14.6. The second-order valence-corrected chi connectivity index (χ2v) is 6.36. The van der Waals surface area contributed by atoms with Crippen LogP contribution in [-0.4, -0.2) is 21.7 Å². The summed E-state index contributed by atoms with van der Waals surface area (Å²) in [5.41, 5.74) is 0.632. The molecule has 1 aliphatic rings. The summed E-state index contributed by atoms with van der Waals surface area (Å²) in [7, 11) is 0. The van der Waals surface area contributed by atoms with Crippen LogP contribution in [0.5, 0.6) is 0 Å². The quantitative estimate of drug-likeness (QED) is 0.926. The molecular weight excluding hydrogens is 306 g/mol. The highest BCUT2D eigenvalue weighted by Gasteiger charge is 2.29. The molecule has 2 rings (SSSR count). The molecule has 1 saturated carbocycles. The number of carbonyl (C=O) groups excluding carboxylic acids is 1. The van der Waals surface area contributed by atoms with Crippen molar-refractivity contribution in [1.29, 1.82) is 0 Å².